The Balaban J connectivity index is 1.93. The van der Waals surface area contributed by atoms with E-state index in [1.807, 2.05) is 13.0 Å². The highest BCUT2D eigenvalue weighted by atomic mass is 35.5. The highest BCUT2D eigenvalue weighted by molar-refractivity contribution is 6.30. The number of nitrogens with one attached hydrogen (secondary N) is 1. The number of hydrogen-bond donors (Lipinski definition) is 1. The molecule has 2 aromatic carbocycles. The van der Waals surface area contributed by atoms with E-state index in [9.17, 15) is 4.79 Å². The van der Waals surface area contributed by atoms with Gasteiger partial charge in [-0.15, -0.1) is 0 Å². The largest absolute Gasteiger partial charge is 0.493 e. The zero-order chi connectivity index (χ0) is 18.2. The molecule has 0 heterocycles. The van der Waals surface area contributed by atoms with Crippen LogP contribution in [-0.2, 0) is 4.79 Å². The van der Waals surface area contributed by atoms with Crippen molar-refractivity contribution in [1.29, 1.82) is 0 Å². The summed E-state index contributed by atoms with van der Waals surface area (Å²) in [5.74, 6) is 1.36. The number of benzene rings is 2. The van der Waals surface area contributed by atoms with Crippen molar-refractivity contribution in [2.45, 2.75) is 6.92 Å². The van der Waals surface area contributed by atoms with Crippen LogP contribution < -0.4 is 19.6 Å². The van der Waals surface area contributed by atoms with Crippen LogP contribution in [0.5, 0.6) is 17.2 Å². The Labute approximate surface area is 151 Å². The number of methoxy groups -OCH3 is 2. The minimum absolute atomic E-state index is 0.164. The van der Waals surface area contributed by atoms with Crippen molar-refractivity contribution >= 4 is 23.7 Å². The fourth-order valence-corrected chi connectivity index (χ4v) is 2.23. The third-order valence-corrected chi connectivity index (χ3v) is 3.57. The number of hydrazone groups is 1. The average molecular weight is 363 g/mol. The number of carbonyl (C=O) groups excluding carboxylic acids is 1. The maximum Gasteiger partial charge on any atom is 0.277 e. The molecule has 25 heavy (non-hydrogen) atoms. The summed E-state index contributed by atoms with van der Waals surface area (Å²) in [4.78, 5) is 11.8. The third-order valence-electron chi connectivity index (χ3n) is 3.33. The molecule has 0 saturated carbocycles. The minimum atomic E-state index is -0.380. The molecule has 0 aliphatic heterocycles. The molecule has 0 saturated heterocycles. The van der Waals surface area contributed by atoms with E-state index >= 15 is 0 Å². The number of aryl methyl sites for hydroxylation is 1. The van der Waals surface area contributed by atoms with Gasteiger partial charge in [-0.25, -0.2) is 5.43 Å². The molecule has 2 aromatic rings. The lowest BCUT2D eigenvalue weighted by Gasteiger charge is -2.10. The van der Waals surface area contributed by atoms with Crippen LogP contribution in [-0.4, -0.2) is 32.9 Å². The van der Waals surface area contributed by atoms with Crippen LogP contribution in [0, 0.1) is 6.92 Å². The molecule has 0 fully saturated rings. The molecular weight excluding hydrogens is 344 g/mol. The van der Waals surface area contributed by atoms with Crippen molar-refractivity contribution in [3.8, 4) is 17.2 Å². The molecule has 0 unspecified atom stereocenters. The highest BCUT2D eigenvalue weighted by Gasteiger charge is 2.07. The quantitative estimate of drug-likeness (QED) is 0.606. The first kappa shape index (κ1) is 18.6. The summed E-state index contributed by atoms with van der Waals surface area (Å²) in [6, 6.07) is 10.4. The van der Waals surface area contributed by atoms with E-state index in [0.29, 0.717) is 22.3 Å². The molecule has 0 aliphatic rings. The predicted octanol–water partition coefficient (Wildman–Crippen LogP) is 3.19. The van der Waals surface area contributed by atoms with E-state index in [-0.39, 0.29) is 12.5 Å². The molecule has 1 amide bonds. The summed E-state index contributed by atoms with van der Waals surface area (Å²) >= 11 is 5.85. The van der Waals surface area contributed by atoms with E-state index < -0.39 is 0 Å². The van der Waals surface area contributed by atoms with Gasteiger partial charge < -0.3 is 14.2 Å². The Morgan fingerprint density at radius 2 is 1.92 bits per heavy atom. The van der Waals surface area contributed by atoms with Gasteiger partial charge in [0.1, 0.15) is 5.75 Å². The molecule has 0 radical (unpaired) electrons. The standard InChI is InChI=1S/C18H19ClN2O4/c1-12-7-16(23-2)17(24-3)8-13(12)10-20-21-18(22)11-25-15-6-4-5-14(19)9-15/h4-10H,11H2,1-3H3,(H,21,22). The van der Waals surface area contributed by atoms with Crippen LogP contribution in [0.2, 0.25) is 5.02 Å². The Morgan fingerprint density at radius 3 is 2.60 bits per heavy atom. The zero-order valence-electron chi connectivity index (χ0n) is 14.2. The molecule has 6 nitrogen and oxygen atoms in total. The smallest absolute Gasteiger partial charge is 0.277 e. The summed E-state index contributed by atoms with van der Waals surface area (Å²) in [7, 11) is 3.13. The number of nitrogens with zero attached hydrogens (tertiary/aromatic N) is 1. The first-order valence-corrected chi connectivity index (χ1v) is 7.84. The van der Waals surface area contributed by atoms with Crippen molar-refractivity contribution in [2.24, 2.45) is 5.10 Å². The molecule has 0 spiro atoms. The maximum absolute atomic E-state index is 11.8. The lowest BCUT2D eigenvalue weighted by Crippen LogP contribution is -2.24. The Kier molecular flexibility index (Phi) is 6.65. The average Bonchev–Trinajstić information content (AvgIpc) is 2.61. The van der Waals surface area contributed by atoms with Crippen molar-refractivity contribution in [3.63, 3.8) is 0 Å². The Hall–Kier alpha value is -2.73. The molecule has 132 valence electrons. The number of ether oxygens (including phenoxy) is 3. The maximum atomic E-state index is 11.8. The highest BCUT2D eigenvalue weighted by Crippen LogP contribution is 2.29. The molecule has 0 aromatic heterocycles. The first-order chi connectivity index (χ1) is 12.0. The molecule has 0 atom stereocenters. The van der Waals surface area contributed by atoms with Crippen LogP contribution in [0.3, 0.4) is 0 Å². The summed E-state index contributed by atoms with van der Waals surface area (Å²) in [6.45, 7) is 1.75. The molecular formula is C18H19ClN2O4. The van der Waals surface area contributed by atoms with Crippen LogP contribution in [0.1, 0.15) is 11.1 Å². The van der Waals surface area contributed by atoms with Crippen LogP contribution in [0.4, 0.5) is 0 Å². The van der Waals surface area contributed by atoms with Gasteiger partial charge in [0.2, 0.25) is 0 Å². The lowest BCUT2D eigenvalue weighted by atomic mass is 10.1. The summed E-state index contributed by atoms with van der Waals surface area (Å²) in [6.07, 6.45) is 1.54. The van der Waals surface area contributed by atoms with Crippen LogP contribution in [0.25, 0.3) is 0 Å². The van der Waals surface area contributed by atoms with E-state index in [4.69, 9.17) is 25.8 Å². The Bertz CT molecular complexity index is 778. The van der Waals surface area contributed by atoms with Gasteiger partial charge in [-0.1, -0.05) is 17.7 Å². The van der Waals surface area contributed by atoms with Gasteiger partial charge in [-0.3, -0.25) is 4.79 Å². The van der Waals surface area contributed by atoms with Gasteiger partial charge in [0, 0.05) is 10.6 Å². The van der Waals surface area contributed by atoms with Gasteiger partial charge in [-0.05, 0) is 42.8 Å². The third kappa shape index (κ3) is 5.39. The van der Waals surface area contributed by atoms with Gasteiger partial charge in [-0.2, -0.15) is 5.10 Å². The van der Waals surface area contributed by atoms with E-state index in [0.717, 1.165) is 11.1 Å². The SMILES string of the molecule is COc1cc(C)c(C=NNC(=O)COc2cccc(Cl)c2)cc1OC. The number of rotatable bonds is 7. The second-order valence-electron chi connectivity index (χ2n) is 5.10. The van der Waals surface area contributed by atoms with Gasteiger partial charge in [0.25, 0.3) is 5.91 Å². The molecule has 2 rings (SSSR count). The van der Waals surface area contributed by atoms with E-state index in [2.05, 4.69) is 10.5 Å². The van der Waals surface area contributed by atoms with Crippen molar-refractivity contribution in [3.05, 3.63) is 52.5 Å². The van der Waals surface area contributed by atoms with Gasteiger partial charge >= 0.3 is 0 Å². The number of hydrogen-bond acceptors (Lipinski definition) is 5. The fourth-order valence-electron chi connectivity index (χ4n) is 2.05. The number of amides is 1. The van der Waals surface area contributed by atoms with Crippen LogP contribution >= 0.6 is 11.6 Å². The number of halogens is 1. The monoisotopic (exact) mass is 362 g/mol. The van der Waals surface area contributed by atoms with E-state index in [1.54, 1.807) is 44.6 Å². The summed E-state index contributed by atoms with van der Waals surface area (Å²) in [5.41, 5.74) is 4.15. The fraction of sp³-hybridized carbons (Fsp3) is 0.222. The lowest BCUT2D eigenvalue weighted by molar-refractivity contribution is -0.123. The normalized spacial score (nSPS) is 10.6. The molecule has 1 N–H and O–H groups in total. The van der Waals surface area contributed by atoms with Crippen LogP contribution in [0.15, 0.2) is 41.5 Å². The first-order valence-electron chi connectivity index (χ1n) is 7.46. The topological polar surface area (TPSA) is 69.2 Å². The van der Waals surface area contributed by atoms with Gasteiger partial charge in [0.15, 0.2) is 18.1 Å². The van der Waals surface area contributed by atoms with E-state index in [1.165, 1.54) is 6.21 Å². The summed E-state index contributed by atoms with van der Waals surface area (Å²) < 4.78 is 15.8. The molecule has 0 bridgehead atoms. The van der Waals surface area contributed by atoms with Crippen molar-refractivity contribution in [1.82, 2.24) is 5.43 Å². The second kappa shape index (κ2) is 8.94. The number of carbonyl (C=O) groups is 1. The van der Waals surface area contributed by atoms with Gasteiger partial charge in [0.05, 0.1) is 20.4 Å². The summed E-state index contributed by atoms with van der Waals surface area (Å²) in [5, 5.41) is 4.48. The van der Waals surface area contributed by atoms with Crippen molar-refractivity contribution in [2.75, 3.05) is 20.8 Å². The van der Waals surface area contributed by atoms with Crippen molar-refractivity contribution < 1.29 is 19.0 Å². The predicted molar refractivity (Wildman–Crippen MR) is 97.0 cm³/mol. The molecule has 0 aliphatic carbocycles. The second-order valence-corrected chi connectivity index (χ2v) is 5.54. The molecule has 7 heteroatoms. The minimum Gasteiger partial charge on any atom is -0.493 e. The Morgan fingerprint density at radius 1 is 1.20 bits per heavy atom. The zero-order valence-corrected chi connectivity index (χ0v) is 15.0.